The number of hydrogen-bond donors (Lipinski definition) is 2. The Morgan fingerprint density at radius 1 is 1.14 bits per heavy atom. The first-order chi connectivity index (χ1) is 17.4. The molecular weight excluding hydrogens is 534 g/mol. The molecule has 0 saturated heterocycles. The second-order valence-electron chi connectivity index (χ2n) is 10.8. The first-order valence-corrected chi connectivity index (χ1v) is 13.1. The first kappa shape index (κ1) is 25.3. The molecule has 1 atom stereocenters. The predicted molar refractivity (Wildman–Crippen MR) is 146 cm³/mol. The summed E-state index contributed by atoms with van der Waals surface area (Å²) in [4.78, 5) is 43.7. The third kappa shape index (κ3) is 3.64. The number of hydrogen-bond acceptors (Lipinski definition) is 6. The number of nitrogens with two attached hydrogens (primary N) is 1. The number of anilines is 2. The zero-order valence-corrected chi connectivity index (χ0v) is 23.2. The topological polar surface area (TPSA) is 102 Å². The number of ether oxygens (including phenoxy) is 1. The molecule has 192 valence electrons. The molecule has 7 nitrogen and oxygen atoms in total. The lowest BCUT2D eigenvalue weighted by molar-refractivity contribution is -0.140. The van der Waals surface area contributed by atoms with Gasteiger partial charge in [-0.05, 0) is 62.4 Å². The van der Waals surface area contributed by atoms with Crippen LogP contribution in [0, 0.1) is 19.3 Å². The molecule has 3 N–H and O–H groups in total. The number of halogens is 1. The van der Waals surface area contributed by atoms with E-state index in [4.69, 9.17) is 10.5 Å². The Bertz CT molecular complexity index is 1460. The lowest BCUT2D eigenvalue weighted by atomic mass is 9.60. The van der Waals surface area contributed by atoms with Gasteiger partial charge in [0.15, 0.2) is 5.78 Å². The molecule has 0 bridgehead atoms. The van der Waals surface area contributed by atoms with Crippen LogP contribution in [0.5, 0.6) is 0 Å². The highest BCUT2D eigenvalue weighted by Gasteiger charge is 2.63. The maximum absolute atomic E-state index is 14.1. The van der Waals surface area contributed by atoms with E-state index in [9.17, 15) is 14.4 Å². The third-order valence-corrected chi connectivity index (χ3v) is 7.91. The number of rotatable bonds is 3. The number of aryl methyl sites for hydroxylation is 2. The Kier molecular flexibility index (Phi) is 5.86. The fraction of sp³-hybridized carbons (Fsp3) is 0.345. The first-order valence-electron chi connectivity index (χ1n) is 12.4. The molecule has 2 aromatic rings. The second-order valence-corrected chi connectivity index (χ2v) is 11.7. The minimum absolute atomic E-state index is 0.0320. The third-order valence-electron chi connectivity index (χ3n) is 7.42. The average Bonchev–Trinajstić information content (AvgIpc) is 3.05. The fourth-order valence-corrected chi connectivity index (χ4v) is 6.40. The summed E-state index contributed by atoms with van der Waals surface area (Å²) >= 11 is 3.51. The van der Waals surface area contributed by atoms with Gasteiger partial charge in [-0.15, -0.1) is 0 Å². The summed E-state index contributed by atoms with van der Waals surface area (Å²) in [6.45, 7) is 9.82. The SMILES string of the molecule is CCOC(=O)C1=C(N)N(c2ccc(C)cc2C)C2=C(C(=O)CC(C)(C)C2)C12C(=O)Nc1ccc(Br)cc12. The summed E-state index contributed by atoms with van der Waals surface area (Å²) in [6.07, 6.45) is 0.734. The molecule has 0 aromatic heterocycles. The summed E-state index contributed by atoms with van der Waals surface area (Å²) in [7, 11) is 0. The number of amides is 1. The molecule has 2 heterocycles. The van der Waals surface area contributed by atoms with E-state index in [2.05, 4.69) is 21.2 Å². The van der Waals surface area contributed by atoms with E-state index in [1.807, 2.05) is 45.9 Å². The summed E-state index contributed by atoms with van der Waals surface area (Å²) in [5, 5.41) is 2.92. The fourth-order valence-electron chi connectivity index (χ4n) is 6.04. The van der Waals surface area contributed by atoms with Crippen LogP contribution in [-0.2, 0) is 24.5 Å². The van der Waals surface area contributed by atoms with E-state index in [-0.39, 0.29) is 35.6 Å². The molecule has 8 heteroatoms. The Morgan fingerprint density at radius 3 is 2.54 bits per heavy atom. The van der Waals surface area contributed by atoms with Crippen LogP contribution >= 0.6 is 15.9 Å². The predicted octanol–water partition coefficient (Wildman–Crippen LogP) is 5.15. The van der Waals surface area contributed by atoms with Crippen molar-refractivity contribution in [1.82, 2.24) is 0 Å². The van der Waals surface area contributed by atoms with Gasteiger partial charge >= 0.3 is 5.97 Å². The van der Waals surface area contributed by atoms with E-state index in [0.717, 1.165) is 16.8 Å². The average molecular weight is 564 g/mol. The van der Waals surface area contributed by atoms with E-state index in [1.165, 1.54) is 0 Å². The maximum Gasteiger partial charge on any atom is 0.339 e. The van der Waals surface area contributed by atoms with Crippen molar-refractivity contribution in [3.8, 4) is 0 Å². The number of allylic oxidation sites excluding steroid dienone is 1. The second kappa shape index (κ2) is 8.58. The van der Waals surface area contributed by atoms with Gasteiger partial charge in [-0.3, -0.25) is 14.5 Å². The maximum atomic E-state index is 14.1. The highest BCUT2D eigenvalue weighted by atomic mass is 79.9. The molecule has 1 aliphatic carbocycles. The lowest BCUT2D eigenvalue weighted by Gasteiger charge is -2.47. The molecule has 0 radical (unpaired) electrons. The van der Waals surface area contributed by atoms with Gasteiger partial charge in [0.2, 0.25) is 5.91 Å². The number of fused-ring (bicyclic) bond motifs is 3. The summed E-state index contributed by atoms with van der Waals surface area (Å²) in [6, 6.07) is 11.3. The molecule has 3 aliphatic rings. The number of carbonyl (C=O) groups excluding carboxylic acids is 3. The zero-order valence-electron chi connectivity index (χ0n) is 21.6. The largest absolute Gasteiger partial charge is 0.462 e. The van der Waals surface area contributed by atoms with Crippen molar-refractivity contribution < 1.29 is 19.1 Å². The van der Waals surface area contributed by atoms with Gasteiger partial charge in [-0.25, -0.2) is 4.79 Å². The Balaban J connectivity index is 1.94. The number of nitrogens with one attached hydrogen (secondary N) is 1. The number of nitrogens with zero attached hydrogens (tertiary/aromatic N) is 1. The van der Waals surface area contributed by atoms with Crippen LogP contribution in [-0.4, -0.2) is 24.3 Å². The smallest absolute Gasteiger partial charge is 0.339 e. The quantitative estimate of drug-likeness (QED) is 0.500. The summed E-state index contributed by atoms with van der Waals surface area (Å²) in [5.74, 6) is -1.29. The highest BCUT2D eigenvalue weighted by Crippen LogP contribution is 2.58. The Morgan fingerprint density at radius 2 is 1.86 bits per heavy atom. The molecular formula is C29H30BrN3O4. The number of esters is 1. The van der Waals surface area contributed by atoms with Gasteiger partial charge in [0.05, 0.1) is 12.3 Å². The zero-order chi connectivity index (χ0) is 26.9. The molecule has 5 rings (SSSR count). The van der Waals surface area contributed by atoms with Gasteiger partial charge in [0, 0.05) is 33.4 Å². The summed E-state index contributed by atoms with van der Waals surface area (Å²) in [5.41, 5.74) is 9.54. The van der Waals surface area contributed by atoms with Crippen LogP contribution in [0.3, 0.4) is 0 Å². The van der Waals surface area contributed by atoms with Gasteiger partial charge < -0.3 is 15.8 Å². The number of ketones is 1. The van der Waals surface area contributed by atoms with Crippen LogP contribution in [0.15, 0.2) is 63.5 Å². The van der Waals surface area contributed by atoms with Gasteiger partial charge in [-0.1, -0.05) is 47.5 Å². The molecule has 2 aliphatic heterocycles. The van der Waals surface area contributed by atoms with Crippen molar-refractivity contribution >= 4 is 45.0 Å². The monoisotopic (exact) mass is 563 g/mol. The van der Waals surface area contributed by atoms with Crippen LogP contribution in [0.4, 0.5) is 11.4 Å². The van der Waals surface area contributed by atoms with Crippen molar-refractivity contribution in [3.05, 3.63) is 80.2 Å². The number of carbonyl (C=O) groups is 3. The molecule has 37 heavy (non-hydrogen) atoms. The van der Waals surface area contributed by atoms with Crippen LogP contribution < -0.4 is 16.0 Å². The lowest BCUT2D eigenvalue weighted by Crippen LogP contribution is -2.54. The van der Waals surface area contributed by atoms with Gasteiger partial charge in [0.1, 0.15) is 16.8 Å². The molecule has 1 spiro atoms. The normalized spacial score (nSPS) is 22.3. The molecule has 1 amide bonds. The van der Waals surface area contributed by atoms with E-state index >= 15 is 0 Å². The van der Waals surface area contributed by atoms with Crippen molar-refractivity contribution in [3.63, 3.8) is 0 Å². The molecule has 0 fully saturated rings. The van der Waals surface area contributed by atoms with E-state index < -0.39 is 17.3 Å². The molecule has 2 aromatic carbocycles. The van der Waals surface area contributed by atoms with Crippen molar-refractivity contribution in [1.29, 1.82) is 0 Å². The minimum atomic E-state index is -1.71. The van der Waals surface area contributed by atoms with Crippen molar-refractivity contribution in [2.75, 3.05) is 16.8 Å². The number of benzene rings is 2. The van der Waals surface area contributed by atoms with E-state index in [1.54, 1.807) is 30.0 Å². The van der Waals surface area contributed by atoms with Crippen LogP contribution in [0.2, 0.25) is 0 Å². The Hall–Kier alpha value is -3.39. The van der Waals surface area contributed by atoms with Gasteiger partial charge in [-0.2, -0.15) is 0 Å². The van der Waals surface area contributed by atoms with Crippen molar-refractivity contribution in [2.45, 2.75) is 52.9 Å². The highest BCUT2D eigenvalue weighted by molar-refractivity contribution is 9.10. The molecule has 1 unspecified atom stereocenters. The van der Waals surface area contributed by atoms with Gasteiger partial charge in [0.25, 0.3) is 0 Å². The summed E-state index contributed by atoms with van der Waals surface area (Å²) < 4.78 is 6.21. The Labute approximate surface area is 224 Å². The molecule has 0 saturated carbocycles. The van der Waals surface area contributed by atoms with Crippen LogP contribution in [0.1, 0.15) is 50.3 Å². The minimum Gasteiger partial charge on any atom is -0.462 e. The van der Waals surface area contributed by atoms with Crippen LogP contribution in [0.25, 0.3) is 0 Å². The standard InChI is InChI=1S/C29H30BrN3O4/c1-6-37-26(35)24-25(31)33(20-10-7-15(2)11-16(20)3)21-13-28(4,5)14-22(34)23(21)29(24)18-12-17(30)8-9-19(18)32-27(29)36/h7-12H,6,13-14,31H2,1-5H3,(H,32,36). The number of Topliss-reactive ketones (excluding diaryl/α,β-unsaturated/α-hetero) is 1. The van der Waals surface area contributed by atoms with Crippen molar-refractivity contribution in [2.24, 2.45) is 11.1 Å². The van der Waals surface area contributed by atoms with E-state index in [0.29, 0.717) is 33.4 Å².